The van der Waals surface area contributed by atoms with Gasteiger partial charge in [0, 0.05) is 22.1 Å². The highest BCUT2D eigenvalue weighted by Gasteiger charge is 2.43. The number of carbonyl (C=O) groups excluding carboxylic acids is 3. The number of thiophene rings is 2. The van der Waals surface area contributed by atoms with Crippen molar-refractivity contribution in [3.63, 3.8) is 0 Å². The molecule has 0 radical (unpaired) electrons. The molecule has 3 aromatic rings. The normalized spacial score (nSPS) is 25.4. The van der Waals surface area contributed by atoms with Gasteiger partial charge < -0.3 is 10.6 Å². The first kappa shape index (κ1) is 22.3. The number of carbonyl (C=O) groups is 3. The molecule has 196 valence electrons. The fraction of sp³-hybridized carbons (Fsp3) is 0.440. The van der Waals surface area contributed by atoms with Crippen molar-refractivity contribution in [2.45, 2.75) is 61.5 Å². The van der Waals surface area contributed by atoms with Crippen LogP contribution in [0.25, 0.3) is 9.40 Å². The van der Waals surface area contributed by atoms with E-state index in [1.165, 1.54) is 47.1 Å². The summed E-state index contributed by atoms with van der Waals surface area (Å²) in [5.74, 6) is -2.58. The molecule has 1 atom stereocenters. The molecule has 0 bridgehead atoms. The van der Waals surface area contributed by atoms with Gasteiger partial charge in [-0.05, 0) is 55.3 Å². The lowest BCUT2D eigenvalue weighted by atomic mass is 9.80. The lowest BCUT2D eigenvalue weighted by Crippen LogP contribution is -2.62. The molecule has 2 aliphatic rings. The fourth-order valence-corrected chi connectivity index (χ4v) is 7.89. The van der Waals surface area contributed by atoms with Gasteiger partial charge in [0.15, 0.2) is 10.8 Å². The number of hydrogen-bond donors (Lipinski definition) is 2. The molecular weight excluding hydrogens is 532 g/mol. The van der Waals surface area contributed by atoms with Crippen LogP contribution in [-0.2, 0) is 19.6 Å². The smallest absolute Gasteiger partial charge is 0.262 e. The number of fused-ring (bicyclic) bond motifs is 1. The zero-order chi connectivity index (χ0) is 28.8. The Hall–Kier alpha value is -2.67. The summed E-state index contributed by atoms with van der Waals surface area (Å²) in [6, 6.07) is 5.37. The molecule has 37 heavy (non-hydrogen) atoms. The standard InChI is InChI=1S/C25H28N4O5S3/c30-18-16-29(37(33,34)22-8-2-5-12-26-22)13-6-7-17(18)27-24(32)25(10-3-1-4-11-25)28-23(31)21-15-20-19(36-21)9-14-35-20/h2,5,8-9,12,14-15,17H,1,3-4,6-7,10-11,13,16H2,(H,27,32)(H,28,31)/t17-/m0/s1/i16D2,17D. The van der Waals surface area contributed by atoms with Gasteiger partial charge in [0.2, 0.25) is 5.91 Å². The predicted molar refractivity (Wildman–Crippen MR) is 142 cm³/mol. The zero-order valence-corrected chi connectivity index (χ0v) is 22.3. The van der Waals surface area contributed by atoms with Crippen LogP contribution in [0.1, 0.15) is 58.7 Å². The van der Waals surface area contributed by atoms with Crippen molar-refractivity contribution in [3.8, 4) is 0 Å². The quantitative estimate of drug-likeness (QED) is 0.474. The number of sulfonamides is 1. The average Bonchev–Trinajstić information content (AvgIpc) is 3.52. The highest BCUT2D eigenvalue weighted by atomic mass is 32.2. The van der Waals surface area contributed by atoms with E-state index in [-0.39, 0.29) is 19.4 Å². The monoisotopic (exact) mass is 563 g/mol. The summed E-state index contributed by atoms with van der Waals surface area (Å²) < 4.78 is 54.6. The Morgan fingerprint density at radius 3 is 2.70 bits per heavy atom. The van der Waals surface area contributed by atoms with E-state index in [0.717, 1.165) is 15.8 Å². The van der Waals surface area contributed by atoms with Gasteiger partial charge >= 0.3 is 0 Å². The molecule has 2 amide bonds. The van der Waals surface area contributed by atoms with Gasteiger partial charge in [-0.1, -0.05) is 25.3 Å². The summed E-state index contributed by atoms with van der Waals surface area (Å²) in [4.78, 5) is 44.8. The first-order chi connectivity index (χ1) is 18.9. The van der Waals surface area contributed by atoms with Crippen LogP contribution in [0, 0.1) is 0 Å². The van der Waals surface area contributed by atoms with E-state index >= 15 is 0 Å². The van der Waals surface area contributed by atoms with Crippen LogP contribution in [0.3, 0.4) is 0 Å². The number of amides is 2. The topological polar surface area (TPSA) is 126 Å². The second-order valence-corrected chi connectivity index (χ2v) is 12.9. The van der Waals surface area contributed by atoms with Crippen LogP contribution in [-0.4, -0.2) is 59.9 Å². The van der Waals surface area contributed by atoms with Crippen LogP contribution < -0.4 is 10.6 Å². The molecule has 1 aliphatic carbocycles. The van der Waals surface area contributed by atoms with E-state index in [1.54, 1.807) is 6.07 Å². The summed E-state index contributed by atoms with van der Waals surface area (Å²) >= 11 is 2.81. The van der Waals surface area contributed by atoms with E-state index < -0.39 is 50.7 Å². The third kappa shape index (κ3) is 5.33. The fourth-order valence-electron chi connectivity index (χ4n) is 4.64. The van der Waals surface area contributed by atoms with E-state index in [9.17, 15) is 22.8 Å². The zero-order valence-electron chi connectivity index (χ0n) is 22.9. The Morgan fingerprint density at radius 2 is 1.97 bits per heavy atom. The second-order valence-electron chi connectivity index (χ2n) is 9.08. The number of nitrogens with one attached hydrogen (secondary N) is 2. The molecule has 4 heterocycles. The van der Waals surface area contributed by atoms with Gasteiger partial charge in [-0.25, -0.2) is 13.4 Å². The number of hydrogen-bond acceptors (Lipinski definition) is 8. The summed E-state index contributed by atoms with van der Waals surface area (Å²) in [5, 5.41) is 6.81. The molecule has 1 saturated carbocycles. The van der Waals surface area contributed by atoms with Gasteiger partial charge in [-0.2, -0.15) is 4.31 Å². The summed E-state index contributed by atoms with van der Waals surface area (Å²) in [7, 11) is -4.51. The van der Waals surface area contributed by atoms with Crippen molar-refractivity contribution in [1.29, 1.82) is 0 Å². The lowest BCUT2D eigenvalue weighted by Gasteiger charge is -2.37. The molecule has 1 saturated heterocycles. The molecule has 3 aromatic heterocycles. The maximum absolute atomic E-state index is 13.8. The van der Waals surface area contributed by atoms with Crippen LogP contribution >= 0.6 is 22.7 Å². The lowest BCUT2D eigenvalue weighted by molar-refractivity contribution is -0.132. The number of Topliss-reactive ketones (excluding diaryl/α,β-unsaturated/α-hetero) is 1. The van der Waals surface area contributed by atoms with Crippen molar-refractivity contribution in [2.75, 3.05) is 13.0 Å². The number of rotatable bonds is 6. The Balaban J connectivity index is 1.40. The van der Waals surface area contributed by atoms with Crippen LogP contribution in [0.15, 0.2) is 46.9 Å². The van der Waals surface area contributed by atoms with Crippen molar-refractivity contribution in [2.24, 2.45) is 0 Å². The van der Waals surface area contributed by atoms with Gasteiger partial charge in [0.25, 0.3) is 15.9 Å². The van der Waals surface area contributed by atoms with Crippen molar-refractivity contribution < 1.29 is 26.9 Å². The Morgan fingerprint density at radius 1 is 1.16 bits per heavy atom. The van der Waals surface area contributed by atoms with Crippen LogP contribution in [0.4, 0.5) is 0 Å². The summed E-state index contributed by atoms with van der Waals surface area (Å²) in [6.45, 7) is -3.51. The maximum Gasteiger partial charge on any atom is 0.262 e. The molecule has 9 nitrogen and oxygen atoms in total. The van der Waals surface area contributed by atoms with Crippen molar-refractivity contribution >= 4 is 59.7 Å². The second kappa shape index (κ2) is 10.6. The third-order valence-corrected chi connectivity index (χ3v) is 10.3. The minimum Gasteiger partial charge on any atom is -0.344 e. The van der Waals surface area contributed by atoms with Gasteiger partial charge in [0.05, 0.1) is 21.5 Å². The number of pyridine rings is 1. The Kier molecular flexibility index (Phi) is 6.40. The first-order valence-corrected chi connectivity index (χ1v) is 15.1. The van der Waals surface area contributed by atoms with Crippen LogP contribution in [0.2, 0.25) is 0 Å². The minimum absolute atomic E-state index is 0.0631. The molecular formula is C25H28N4O5S3. The summed E-state index contributed by atoms with van der Waals surface area (Å²) in [6.07, 6.45) is 3.60. The highest BCUT2D eigenvalue weighted by molar-refractivity contribution is 7.89. The molecule has 5 rings (SSSR count). The first-order valence-electron chi connectivity index (χ1n) is 13.5. The molecule has 12 heteroatoms. The SMILES string of the molecule is [2H]C1([2H])C(=O)[C@@]([2H])(NC(=O)C2(NC(=O)c3cc4sccc4s3)CCCCC2)CCCN1S(=O)(=O)c1ccccn1. The predicted octanol–water partition coefficient (Wildman–Crippen LogP) is 3.33. The Bertz CT molecular complexity index is 1530. The van der Waals surface area contributed by atoms with Crippen molar-refractivity contribution in [1.82, 2.24) is 19.9 Å². The number of nitrogens with zero attached hydrogens (tertiary/aromatic N) is 2. The largest absolute Gasteiger partial charge is 0.344 e. The van der Waals surface area contributed by atoms with E-state index in [2.05, 4.69) is 15.6 Å². The van der Waals surface area contributed by atoms with E-state index in [4.69, 9.17) is 4.11 Å². The molecule has 0 spiro atoms. The number of ketones is 1. The summed E-state index contributed by atoms with van der Waals surface area (Å²) in [5.41, 5.74) is -1.39. The number of aromatic nitrogens is 1. The van der Waals surface area contributed by atoms with Gasteiger partial charge in [-0.3, -0.25) is 14.4 Å². The Labute approximate surface area is 227 Å². The maximum atomic E-state index is 13.8. The van der Waals surface area contributed by atoms with Gasteiger partial charge in [-0.15, -0.1) is 22.7 Å². The average molecular weight is 564 g/mol. The minimum atomic E-state index is -4.51. The molecule has 2 fully saturated rings. The molecule has 0 unspecified atom stereocenters. The van der Waals surface area contributed by atoms with Gasteiger partial charge in [0.1, 0.15) is 5.54 Å². The van der Waals surface area contributed by atoms with Crippen molar-refractivity contribution in [3.05, 3.63) is 46.8 Å². The molecule has 2 N–H and O–H groups in total. The molecule has 0 aromatic carbocycles. The third-order valence-electron chi connectivity index (χ3n) is 6.60. The van der Waals surface area contributed by atoms with E-state index in [0.29, 0.717) is 34.9 Å². The van der Waals surface area contributed by atoms with E-state index in [1.807, 2.05) is 11.4 Å². The van der Waals surface area contributed by atoms with Crippen LogP contribution in [0.5, 0.6) is 0 Å². The highest BCUT2D eigenvalue weighted by Crippen LogP contribution is 2.33. The molecule has 1 aliphatic heterocycles.